The van der Waals surface area contributed by atoms with Gasteiger partial charge in [0.15, 0.2) is 17.3 Å². The molecule has 1 aliphatic rings. The summed E-state index contributed by atoms with van der Waals surface area (Å²) in [6.07, 6.45) is 1.33. The zero-order valence-electron chi connectivity index (χ0n) is 17.5. The van der Waals surface area contributed by atoms with Crippen LogP contribution in [0.25, 0.3) is 10.9 Å². The molecule has 4 aromatic rings. The van der Waals surface area contributed by atoms with Gasteiger partial charge in [-0.25, -0.2) is 8.42 Å². The van der Waals surface area contributed by atoms with Crippen LogP contribution < -0.4 is 9.47 Å². The number of hydrogen-bond donors (Lipinski definition) is 0. The summed E-state index contributed by atoms with van der Waals surface area (Å²) in [5, 5.41) is 0.313. The van der Waals surface area contributed by atoms with Crippen molar-refractivity contribution >= 4 is 26.5 Å². The van der Waals surface area contributed by atoms with Crippen LogP contribution in [0.3, 0.4) is 0 Å². The van der Waals surface area contributed by atoms with Crippen molar-refractivity contribution in [2.24, 2.45) is 0 Å². The Morgan fingerprint density at radius 1 is 0.875 bits per heavy atom. The average Bonchev–Trinajstić information content (AvgIpc) is 3.24. The van der Waals surface area contributed by atoms with Gasteiger partial charge in [0.05, 0.1) is 20.9 Å². The highest BCUT2D eigenvalue weighted by Gasteiger charge is 2.30. The van der Waals surface area contributed by atoms with Gasteiger partial charge in [0.1, 0.15) is 0 Å². The van der Waals surface area contributed by atoms with Crippen LogP contribution >= 0.6 is 0 Å². The summed E-state index contributed by atoms with van der Waals surface area (Å²) in [6.45, 7) is 3.84. The maximum atomic E-state index is 13.8. The number of nitrogens with zero attached hydrogens (tertiary/aromatic N) is 1. The molecular formula is C25H19NO5S. The molecule has 0 N–H and O–H groups in total. The van der Waals surface area contributed by atoms with Gasteiger partial charge in [-0.2, -0.15) is 0 Å². The molecule has 0 fully saturated rings. The van der Waals surface area contributed by atoms with Crippen molar-refractivity contribution in [1.29, 1.82) is 0 Å². The number of carbonyl (C=O) groups is 1. The standard InChI is InChI=1S/C25H19NO5S/c1-15-3-7-17(8-4-15)24(27)20-13-26-21-12-23-22(30-14-31-23)11-19(21)25(20)32(28,29)18-9-5-16(2)6-10-18/h3-13H,14H2,1-2H3. The predicted octanol–water partition coefficient (Wildman–Crippen LogP) is 4.64. The molecule has 0 aliphatic carbocycles. The van der Waals surface area contributed by atoms with Crippen molar-refractivity contribution in [3.63, 3.8) is 0 Å². The molecule has 1 aliphatic heterocycles. The molecule has 0 unspecified atom stereocenters. The highest BCUT2D eigenvalue weighted by atomic mass is 32.2. The van der Waals surface area contributed by atoms with E-state index in [-0.39, 0.29) is 22.1 Å². The van der Waals surface area contributed by atoms with Gasteiger partial charge >= 0.3 is 0 Å². The normalized spacial score (nSPS) is 12.8. The molecule has 0 atom stereocenters. The minimum atomic E-state index is -4.05. The first kappa shape index (κ1) is 20.2. The largest absolute Gasteiger partial charge is 0.454 e. The molecule has 0 radical (unpaired) electrons. The van der Waals surface area contributed by atoms with E-state index < -0.39 is 15.6 Å². The van der Waals surface area contributed by atoms with Gasteiger partial charge in [0.25, 0.3) is 0 Å². The fourth-order valence-electron chi connectivity index (χ4n) is 3.70. The first-order chi connectivity index (χ1) is 15.3. The number of rotatable bonds is 4. The van der Waals surface area contributed by atoms with Crippen molar-refractivity contribution in [2.45, 2.75) is 23.6 Å². The summed E-state index contributed by atoms with van der Waals surface area (Å²) in [4.78, 5) is 17.8. The molecule has 7 heteroatoms. The third kappa shape index (κ3) is 3.31. The Kier molecular flexibility index (Phi) is 4.71. The second kappa shape index (κ2) is 7.46. The van der Waals surface area contributed by atoms with Gasteiger partial charge in [-0.1, -0.05) is 47.5 Å². The molecule has 32 heavy (non-hydrogen) atoms. The lowest BCUT2D eigenvalue weighted by molar-refractivity contribution is 0.103. The van der Waals surface area contributed by atoms with Gasteiger partial charge in [-0.05, 0) is 32.0 Å². The minimum Gasteiger partial charge on any atom is -0.454 e. The molecule has 0 amide bonds. The molecule has 0 saturated heterocycles. The molecule has 0 saturated carbocycles. The minimum absolute atomic E-state index is 0.0146. The maximum absolute atomic E-state index is 13.8. The van der Waals surface area contributed by atoms with Crippen molar-refractivity contribution in [1.82, 2.24) is 4.98 Å². The van der Waals surface area contributed by atoms with E-state index in [2.05, 4.69) is 4.98 Å². The fraction of sp³-hybridized carbons (Fsp3) is 0.120. The molecule has 1 aromatic heterocycles. The number of hydrogen-bond acceptors (Lipinski definition) is 6. The molecule has 3 aromatic carbocycles. The number of carbonyl (C=O) groups excluding carboxylic acids is 1. The zero-order chi connectivity index (χ0) is 22.5. The monoisotopic (exact) mass is 445 g/mol. The van der Waals surface area contributed by atoms with E-state index in [4.69, 9.17) is 9.47 Å². The quantitative estimate of drug-likeness (QED) is 0.426. The molecular weight excluding hydrogens is 426 g/mol. The van der Waals surface area contributed by atoms with Gasteiger partial charge in [0.2, 0.25) is 16.6 Å². The first-order valence-corrected chi connectivity index (χ1v) is 11.5. The third-order valence-electron chi connectivity index (χ3n) is 5.47. The van der Waals surface area contributed by atoms with E-state index in [0.29, 0.717) is 28.0 Å². The van der Waals surface area contributed by atoms with Crippen LogP contribution in [0.2, 0.25) is 0 Å². The zero-order valence-corrected chi connectivity index (χ0v) is 18.3. The van der Waals surface area contributed by atoms with Crippen LogP contribution in [0.1, 0.15) is 27.0 Å². The van der Waals surface area contributed by atoms with E-state index in [1.807, 2.05) is 26.0 Å². The number of pyridine rings is 1. The van der Waals surface area contributed by atoms with Crippen molar-refractivity contribution < 1.29 is 22.7 Å². The lowest BCUT2D eigenvalue weighted by Gasteiger charge is -2.14. The van der Waals surface area contributed by atoms with E-state index in [1.54, 1.807) is 48.5 Å². The van der Waals surface area contributed by atoms with Crippen molar-refractivity contribution in [2.75, 3.05) is 6.79 Å². The average molecular weight is 445 g/mol. The number of aromatic nitrogens is 1. The molecule has 160 valence electrons. The molecule has 2 heterocycles. The van der Waals surface area contributed by atoms with Gasteiger partial charge in [-0.15, -0.1) is 0 Å². The summed E-state index contributed by atoms with van der Waals surface area (Å²) in [5.41, 5.74) is 2.74. The predicted molar refractivity (Wildman–Crippen MR) is 119 cm³/mol. The van der Waals surface area contributed by atoms with Crippen LogP contribution in [-0.4, -0.2) is 26.0 Å². The summed E-state index contributed by atoms with van der Waals surface area (Å²) in [7, 11) is -4.05. The number of sulfone groups is 1. The van der Waals surface area contributed by atoms with Crippen LogP contribution in [-0.2, 0) is 9.84 Å². The number of ether oxygens (including phenoxy) is 2. The second-order valence-electron chi connectivity index (χ2n) is 7.74. The third-order valence-corrected chi connectivity index (χ3v) is 7.34. The molecule has 0 bridgehead atoms. The van der Waals surface area contributed by atoms with E-state index in [0.717, 1.165) is 11.1 Å². The summed E-state index contributed by atoms with van der Waals surface area (Å²) in [5.74, 6) is 0.489. The summed E-state index contributed by atoms with van der Waals surface area (Å²) in [6, 6.07) is 16.8. The smallest absolute Gasteiger partial charge is 0.231 e. The van der Waals surface area contributed by atoms with E-state index >= 15 is 0 Å². The van der Waals surface area contributed by atoms with Crippen molar-refractivity contribution in [3.05, 3.63) is 89.1 Å². The Morgan fingerprint density at radius 2 is 1.47 bits per heavy atom. The highest BCUT2D eigenvalue weighted by molar-refractivity contribution is 7.91. The van der Waals surface area contributed by atoms with Gasteiger partial charge in [-0.3, -0.25) is 9.78 Å². The molecule has 0 spiro atoms. The first-order valence-electron chi connectivity index (χ1n) is 10.00. The lowest BCUT2D eigenvalue weighted by atomic mass is 10.0. The van der Waals surface area contributed by atoms with Crippen LogP contribution in [0.15, 0.2) is 76.7 Å². The van der Waals surface area contributed by atoms with E-state index in [9.17, 15) is 13.2 Å². The second-order valence-corrected chi connectivity index (χ2v) is 9.62. The van der Waals surface area contributed by atoms with Crippen LogP contribution in [0, 0.1) is 13.8 Å². The number of ketones is 1. The lowest BCUT2D eigenvalue weighted by Crippen LogP contribution is -2.12. The van der Waals surface area contributed by atoms with Gasteiger partial charge < -0.3 is 9.47 Å². The molecule has 5 rings (SSSR count). The Balaban J connectivity index is 1.80. The molecule has 6 nitrogen and oxygen atoms in total. The number of aryl methyl sites for hydroxylation is 2. The Bertz CT molecular complexity index is 1470. The topological polar surface area (TPSA) is 82.6 Å². The Labute approximate surface area is 185 Å². The SMILES string of the molecule is Cc1ccc(C(=O)c2cnc3cc4c(cc3c2S(=O)(=O)c2ccc(C)cc2)OCO4)cc1. The summed E-state index contributed by atoms with van der Waals surface area (Å²) < 4.78 is 38.5. The van der Waals surface area contributed by atoms with Crippen molar-refractivity contribution in [3.8, 4) is 11.5 Å². The van der Waals surface area contributed by atoms with Gasteiger partial charge in [0, 0.05) is 23.2 Å². The Morgan fingerprint density at radius 3 is 2.12 bits per heavy atom. The Hall–Kier alpha value is -3.71. The van der Waals surface area contributed by atoms with Crippen LogP contribution in [0.4, 0.5) is 0 Å². The highest BCUT2D eigenvalue weighted by Crippen LogP contribution is 2.40. The number of benzene rings is 3. The maximum Gasteiger partial charge on any atom is 0.231 e. The van der Waals surface area contributed by atoms with E-state index in [1.165, 1.54) is 6.20 Å². The fourth-order valence-corrected chi connectivity index (χ4v) is 5.32. The summed E-state index contributed by atoms with van der Waals surface area (Å²) >= 11 is 0. The van der Waals surface area contributed by atoms with Crippen LogP contribution in [0.5, 0.6) is 11.5 Å². The number of fused-ring (bicyclic) bond motifs is 2.